The summed E-state index contributed by atoms with van der Waals surface area (Å²) >= 11 is 1.57. The lowest BCUT2D eigenvalue weighted by atomic mass is 9.50. The van der Waals surface area contributed by atoms with Crippen molar-refractivity contribution in [1.29, 1.82) is 0 Å². The van der Waals surface area contributed by atoms with Gasteiger partial charge in [0, 0.05) is 11.0 Å². The molecule has 4 aliphatic rings. The number of amides is 1. The molecule has 4 aliphatic carbocycles. The Balaban J connectivity index is 1.29. The predicted molar refractivity (Wildman–Crippen MR) is 112 cm³/mol. The molecule has 1 amide bonds. The maximum Gasteiger partial charge on any atom is 0.230 e. The minimum atomic E-state index is -0.121. The molecule has 6 rings (SSSR count). The first-order chi connectivity index (χ1) is 14.1. The van der Waals surface area contributed by atoms with E-state index in [1.807, 2.05) is 18.2 Å². The van der Waals surface area contributed by atoms with Crippen LogP contribution in [0.1, 0.15) is 49.1 Å². The van der Waals surface area contributed by atoms with E-state index in [-0.39, 0.29) is 17.7 Å². The lowest BCUT2D eigenvalue weighted by Crippen LogP contribution is -2.48. The van der Waals surface area contributed by atoms with Gasteiger partial charge < -0.3 is 14.8 Å². The van der Waals surface area contributed by atoms with Crippen molar-refractivity contribution in [2.24, 2.45) is 17.8 Å². The van der Waals surface area contributed by atoms with Crippen LogP contribution in [0.25, 0.3) is 0 Å². The van der Waals surface area contributed by atoms with Crippen LogP contribution in [0.3, 0.4) is 0 Å². The van der Waals surface area contributed by atoms with Crippen LogP contribution < -0.4 is 14.8 Å². The van der Waals surface area contributed by atoms with Gasteiger partial charge in [0.1, 0.15) is 16.5 Å². The monoisotopic (exact) mass is 413 g/mol. The van der Waals surface area contributed by atoms with Gasteiger partial charge in [0.05, 0.1) is 20.6 Å². The van der Waals surface area contributed by atoms with Gasteiger partial charge in [-0.1, -0.05) is 11.3 Å². The zero-order valence-corrected chi connectivity index (χ0v) is 17.8. The fourth-order valence-corrected chi connectivity index (χ4v) is 7.19. The number of carbonyl (C=O) groups excluding carboxylic acids is 1. The van der Waals surface area contributed by atoms with Crippen LogP contribution in [0.2, 0.25) is 0 Å². The Morgan fingerprint density at radius 1 is 1.10 bits per heavy atom. The highest BCUT2D eigenvalue weighted by Crippen LogP contribution is 2.61. The van der Waals surface area contributed by atoms with Crippen LogP contribution in [0.5, 0.6) is 11.5 Å². The van der Waals surface area contributed by atoms with Crippen LogP contribution >= 0.6 is 11.3 Å². The molecule has 4 saturated carbocycles. The van der Waals surface area contributed by atoms with Gasteiger partial charge in [0.2, 0.25) is 11.0 Å². The fourth-order valence-electron chi connectivity index (χ4n) is 6.22. The van der Waals surface area contributed by atoms with Crippen molar-refractivity contribution in [3.05, 3.63) is 28.8 Å². The van der Waals surface area contributed by atoms with E-state index in [0.717, 1.165) is 28.3 Å². The lowest BCUT2D eigenvalue weighted by Gasteiger charge is -2.55. The summed E-state index contributed by atoms with van der Waals surface area (Å²) in [6, 6.07) is 5.47. The molecule has 154 valence electrons. The molecule has 1 N–H and O–H groups in total. The number of ether oxygens (including phenoxy) is 2. The van der Waals surface area contributed by atoms with Crippen molar-refractivity contribution in [2.75, 3.05) is 19.5 Å². The number of nitrogens with one attached hydrogen (secondary N) is 1. The second kappa shape index (κ2) is 7.27. The first kappa shape index (κ1) is 18.9. The number of carbonyl (C=O) groups is 1. The third-order valence-electron chi connectivity index (χ3n) is 7.00. The molecule has 0 aliphatic heterocycles. The minimum absolute atomic E-state index is 0.121. The van der Waals surface area contributed by atoms with E-state index in [2.05, 4.69) is 15.5 Å². The molecule has 1 aromatic heterocycles. The van der Waals surface area contributed by atoms with E-state index in [0.29, 0.717) is 16.6 Å². The van der Waals surface area contributed by atoms with Gasteiger partial charge >= 0.3 is 0 Å². The van der Waals surface area contributed by atoms with Crippen molar-refractivity contribution < 1.29 is 14.3 Å². The number of hydrogen-bond acceptors (Lipinski definition) is 6. The van der Waals surface area contributed by atoms with Crippen LogP contribution in [0, 0.1) is 17.8 Å². The molecule has 7 heteroatoms. The molecule has 29 heavy (non-hydrogen) atoms. The zero-order chi connectivity index (χ0) is 20.0. The summed E-state index contributed by atoms with van der Waals surface area (Å²) in [5.74, 6) is 3.85. The van der Waals surface area contributed by atoms with Gasteiger partial charge in [-0.15, -0.1) is 10.2 Å². The Kier molecular flexibility index (Phi) is 4.73. The molecule has 1 heterocycles. The summed E-state index contributed by atoms with van der Waals surface area (Å²) in [5, 5.41) is 13.5. The summed E-state index contributed by atoms with van der Waals surface area (Å²) in [4.78, 5) is 12.6. The molecular weight excluding hydrogens is 386 g/mol. The molecule has 0 unspecified atom stereocenters. The predicted octanol–water partition coefficient (Wildman–Crippen LogP) is 4.20. The number of benzene rings is 1. The molecular formula is C22H27N3O3S. The molecule has 6 nitrogen and oxygen atoms in total. The molecule has 2 aromatic rings. The second-order valence-electron chi connectivity index (χ2n) is 9.01. The largest absolute Gasteiger partial charge is 0.497 e. The maximum absolute atomic E-state index is 12.6. The molecule has 0 atom stereocenters. The van der Waals surface area contributed by atoms with E-state index in [4.69, 9.17) is 9.47 Å². The van der Waals surface area contributed by atoms with Crippen LogP contribution in [0.15, 0.2) is 18.2 Å². The number of nitrogens with zero attached hydrogens (tertiary/aromatic N) is 2. The zero-order valence-electron chi connectivity index (χ0n) is 16.9. The quantitative estimate of drug-likeness (QED) is 0.768. The summed E-state index contributed by atoms with van der Waals surface area (Å²) in [7, 11) is 3.21. The normalized spacial score (nSPS) is 29.7. The van der Waals surface area contributed by atoms with Crippen molar-refractivity contribution >= 4 is 22.4 Å². The Hall–Kier alpha value is -2.15. The SMILES string of the molecule is COc1ccc(OC)c(CC(=O)Nc2nnc(C34CC5CC(CC(C5)C3)C4)s2)c1. The summed E-state index contributed by atoms with van der Waals surface area (Å²) in [5.41, 5.74) is 1.00. The number of anilines is 1. The standard InChI is InChI=1S/C22H27N3O3S/c1-27-17-3-4-18(28-2)16(8-17)9-19(26)23-21-25-24-20(29-21)22-10-13-5-14(11-22)7-15(6-13)12-22/h3-4,8,13-15H,5-7,9-12H2,1-2H3,(H,23,25,26). The number of aromatic nitrogens is 2. The van der Waals surface area contributed by atoms with Gasteiger partial charge in [-0.3, -0.25) is 4.79 Å². The van der Waals surface area contributed by atoms with E-state index in [9.17, 15) is 4.79 Å². The smallest absolute Gasteiger partial charge is 0.230 e. The van der Waals surface area contributed by atoms with Gasteiger partial charge in [-0.25, -0.2) is 0 Å². The molecule has 4 bridgehead atoms. The average molecular weight is 414 g/mol. The van der Waals surface area contributed by atoms with Crippen molar-refractivity contribution in [3.8, 4) is 11.5 Å². The Labute approximate surface area is 175 Å². The lowest BCUT2D eigenvalue weighted by molar-refractivity contribution is -0.115. The van der Waals surface area contributed by atoms with Crippen LogP contribution in [-0.4, -0.2) is 30.3 Å². The van der Waals surface area contributed by atoms with Crippen molar-refractivity contribution in [2.45, 2.75) is 50.4 Å². The number of methoxy groups -OCH3 is 2. The summed E-state index contributed by atoms with van der Waals surface area (Å²) in [6.07, 6.45) is 8.18. The van der Waals surface area contributed by atoms with Crippen LogP contribution in [0.4, 0.5) is 5.13 Å². The van der Waals surface area contributed by atoms with Gasteiger partial charge in [0.25, 0.3) is 0 Å². The van der Waals surface area contributed by atoms with E-state index >= 15 is 0 Å². The third kappa shape index (κ3) is 3.50. The Morgan fingerprint density at radius 2 is 1.79 bits per heavy atom. The van der Waals surface area contributed by atoms with Gasteiger partial charge in [-0.2, -0.15) is 0 Å². The highest BCUT2D eigenvalue weighted by molar-refractivity contribution is 7.15. The Bertz CT molecular complexity index is 890. The van der Waals surface area contributed by atoms with E-state index in [1.165, 1.54) is 38.5 Å². The highest BCUT2D eigenvalue weighted by Gasteiger charge is 2.53. The first-order valence-electron chi connectivity index (χ1n) is 10.4. The first-order valence-corrected chi connectivity index (χ1v) is 11.2. The molecule has 0 radical (unpaired) electrons. The molecule has 1 aromatic carbocycles. The van der Waals surface area contributed by atoms with E-state index < -0.39 is 0 Å². The average Bonchev–Trinajstić information content (AvgIpc) is 3.16. The second-order valence-corrected chi connectivity index (χ2v) is 9.99. The Morgan fingerprint density at radius 3 is 2.41 bits per heavy atom. The number of hydrogen-bond donors (Lipinski definition) is 1. The molecule has 4 fully saturated rings. The fraction of sp³-hybridized carbons (Fsp3) is 0.591. The topological polar surface area (TPSA) is 73.3 Å². The maximum atomic E-state index is 12.6. The van der Waals surface area contributed by atoms with Gasteiger partial charge in [-0.05, 0) is 74.5 Å². The van der Waals surface area contributed by atoms with Gasteiger partial charge in [0.15, 0.2) is 0 Å². The highest BCUT2D eigenvalue weighted by atomic mass is 32.1. The van der Waals surface area contributed by atoms with E-state index in [1.54, 1.807) is 25.6 Å². The summed E-state index contributed by atoms with van der Waals surface area (Å²) < 4.78 is 10.6. The van der Waals surface area contributed by atoms with Crippen molar-refractivity contribution in [1.82, 2.24) is 10.2 Å². The van der Waals surface area contributed by atoms with Crippen molar-refractivity contribution in [3.63, 3.8) is 0 Å². The number of rotatable bonds is 6. The molecule has 0 saturated heterocycles. The molecule has 0 spiro atoms. The van der Waals surface area contributed by atoms with Crippen LogP contribution in [-0.2, 0) is 16.6 Å². The third-order valence-corrected chi connectivity index (χ3v) is 8.09. The summed E-state index contributed by atoms with van der Waals surface area (Å²) in [6.45, 7) is 0. The minimum Gasteiger partial charge on any atom is -0.497 e.